The van der Waals surface area contributed by atoms with Crippen molar-refractivity contribution in [1.82, 2.24) is 4.98 Å². The van der Waals surface area contributed by atoms with Gasteiger partial charge in [0.05, 0.1) is 0 Å². The predicted molar refractivity (Wildman–Crippen MR) is 62.6 cm³/mol. The molecule has 1 aromatic carbocycles. The van der Waals surface area contributed by atoms with Crippen molar-refractivity contribution in [2.45, 2.75) is 26.2 Å². The molecule has 0 spiro atoms. The molecule has 0 fully saturated rings. The fourth-order valence-corrected chi connectivity index (χ4v) is 1.52. The summed E-state index contributed by atoms with van der Waals surface area (Å²) in [6.07, 6.45) is 9.48. The molecule has 0 saturated carbocycles. The van der Waals surface area contributed by atoms with Crippen LogP contribution in [0.25, 0.3) is 17.2 Å². The van der Waals surface area contributed by atoms with Gasteiger partial charge in [-0.1, -0.05) is 38.0 Å². The zero-order chi connectivity index (χ0) is 10.5. The van der Waals surface area contributed by atoms with E-state index in [4.69, 9.17) is 4.42 Å². The van der Waals surface area contributed by atoms with Gasteiger partial charge in [0.2, 0.25) is 0 Å². The Morgan fingerprint density at radius 2 is 2.33 bits per heavy atom. The lowest BCUT2D eigenvalue weighted by molar-refractivity contribution is 0.602. The third-order valence-corrected chi connectivity index (χ3v) is 2.39. The third kappa shape index (κ3) is 2.46. The second-order valence-corrected chi connectivity index (χ2v) is 3.62. The van der Waals surface area contributed by atoms with Crippen LogP contribution in [0.5, 0.6) is 0 Å². The van der Waals surface area contributed by atoms with Gasteiger partial charge in [-0.05, 0) is 24.1 Å². The highest BCUT2D eigenvalue weighted by Gasteiger charge is 1.97. The fourth-order valence-electron chi connectivity index (χ4n) is 1.52. The largest absolute Gasteiger partial charge is 0.443 e. The Balaban J connectivity index is 2.10. The van der Waals surface area contributed by atoms with Crippen molar-refractivity contribution in [1.29, 1.82) is 0 Å². The Bertz CT molecular complexity index is 456. The normalized spacial score (nSPS) is 11.5. The molecule has 1 heterocycles. The number of oxazole rings is 1. The number of rotatable bonds is 4. The van der Waals surface area contributed by atoms with E-state index in [9.17, 15) is 0 Å². The van der Waals surface area contributed by atoms with Gasteiger partial charge >= 0.3 is 0 Å². The summed E-state index contributed by atoms with van der Waals surface area (Å²) in [6, 6.07) is 6.05. The number of aromatic nitrogens is 1. The maximum absolute atomic E-state index is 5.18. The van der Waals surface area contributed by atoms with Gasteiger partial charge in [-0.3, -0.25) is 0 Å². The second-order valence-electron chi connectivity index (χ2n) is 3.62. The zero-order valence-corrected chi connectivity index (χ0v) is 8.94. The van der Waals surface area contributed by atoms with Crippen molar-refractivity contribution in [3.8, 4) is 0 Å². The molecule has 15 heavy (non-hydrogen) atoms. The molecular formula is C13H15NO. The maximum Gasteiger partial charge on any atom is 0.181 e. The van der Waals surface area contributed by atoms with E-state index in [1.807, 2.05) is 12.1 Å². The fraction of sp³-hybridized carbons (Fsp3) is 0.308. The molecule has 0 unspecified atom stereocenters. The summed E-state index contributed by atoms with van der Waals surface area (Å²) in [5.41, 5.74) is 2.96. The van der Waals surface area contributed by atoms with Gasteiger partial charge in [0.1, 0.15) is 5.52 Å². The van der Waals surface area contributed by atoms with E-state index in [1.165, 1.54) is 24.8 Å². The van der Waals surface area contributed by atoms with Crippen molar-refractivity contribution in [2.24, 2.45) is 0 Å². The maximum atomic E-state index is 5.18. The van der Waals surface area contributed by atoms with E-state index in [2.05, 4.69) is 30.1 Å². The minimum absolute atomic E-state index is 0.848. The number of fused-ring (bicyclic) bond motifs is 1. The van der Waals surface area contributed by atoms with E-state index < -0.39 is 0 Å². The van der Waals surface area contributed by atoms with Crippen LogP contribution in [0.15, 0.2) is 35.1 Å². The number of hydrogen-bond acceptors (Lipinski definition) is 2. The smallest absolute Gasteiger partial charge is 0.181 e. The highest BCUT2D eigenvalue weighted by atomic mass is 16.3. The lowest BCUT2D eigenvalue weighted by Crippen LogP contribution is -1.73. The minimum Gasteiger partial charge on any atom is -0.443 e. The van der Waals surface area contributed by atoms with Crippen LogP contribution in [-0.2, 0) is 0 Å². The highest BCUT2D eigenvalue weighted by Crippen LogP contribution is 2.15. The number of nitrogens with zero attached hydrogens (tertiary/aromatic N) is 1. The molecule has 0 atom stereocenters. The van der Waals surface area contributed by atoms with Crippen LogP contribution in [0, 0.1) is 0 Å². The summed E-state index contributed by atoms with van der Waals surface area (Å²) < 4.78 is 5.18. The summed E-state index contributed by atoms with van der Waals surface area (Å²) >= 11 is 0. The second kappa shape index (κ2) is 4.78. The van der Waals surface area contributed by atoms with Gasteiger partial charge < -0.3 is 4.42 Å². The van der Waals surface area contributed by atoms with Gasteiger partial charge in [0.25, 0.3) is 0 Å². The summed E-state index contributed by atoms with van der Waals surface area (Å²) in [5.74, 6) is 0. The first-order valence-electron chi connectivity index (χ1n) is 5.40. The third-order valence-electron chi connectivity index (χ3n) is 2.39. The summed E-state index contributed by atoms with van der Waals surface area (Å²) in [4.78, 5) is 4.12. The van der Waals surface area contributed by atoms with Gasteiger partial charge in [-0.25, -0.2) is 4.98 Å². The first-order chi connectivity index (χ1) is 7.40. The summed E-state index contributed by atoms with van der Waals surface area (Å²) in [7, 11) is 0. The molecule has 0 aliphatic carbocycles. The van der Waals surface area contributed by atoms with E-state index in [0.717, 1.165) is 17.5 Å². The van der Waals surface area contributed by atoms with Gasteiger partial charge in [0, 0.05) is 0 Å². The SMILES string of the molecule is CCCC/C=C/c1ccc2ocnc2c1. The van der Waals surface area contributed by atoms with E-state index in [1.54, 1.807) is 0 Å². The molecule has 0 aliphatic heterocycles. The summed E-state index contributed by atoms with van der Waals surface area (Å²) in [6.45, 7) is 2.20. The first kappa shape index (κ1) is 9.97. The standard InChI is InChI=1S/C13H15NO/c1-2-3-4-5-6-11-7-8-13-12(9-11)14-10-15-13/h5-10H,2-4H2,1H3/b6-5+. The predicted octanol–water partition coefficient (Wildman–Crippen LogP) is 4.03. The molecule has 0 aliphatic rings. The molecule has 0 radical (unpaired) electrons. The van der Waals surface area contributed by atoms with Crippen LogP contribution in [-0.4, -0.2) is 4.98 Å². The van der Waals surface area contributed by atoms with Crippen molar-refractivity contribution in [3.63, 3.8) is 0 Å². The van der Waals surface area contributed by atoms with Crippen molar-refractivity contribution in [3.05, 3.63) is 36.2 Å². The molecule has 2 heteroatoms. The van der Waals surface area contributed by atoms with Crippen LogP contribution in [0.3, 0.4) is 0 Å². The van der Waals surface area contributed by atoms with E-state index >= 15 is 0 Å². The molecule has 0 N–H and O–H groups in total. The molecule has 2 nitrogen and oxygen atoms in total. The van der Waals surface area contributed by atoms with E-state index in [-0.39, 0.29) is 0 Å². The topological polar surface area (TPSA) is 26.0 Å². The minimum atomic E-state index is 0.848. The number of allylic oxidation sites excluding steroid dienone is 1. The van der Waals surface area contributed by atoms with Crippen molar-refractivity contribution < 1.29 is 4.42 Å². The molecule has 0 bridgehead atoms. The lowest BCUT2D eigenvalue weighted by Gasteiger charge is -1.93. The van der Waals surface area contributed by atoms with Crippen LogP contribution in [0.2, 0.25) is 0 Å². The summed E-state index contributed by atoms with van der Waals surface area (Å²) in [5, 5.41) is 0. The van der Waals surface area contributed by atoms with Crippen molar-refractivity contribution >= 4 is 17.2 Å². The molecule has 1 aromatic heterocycles. The van der Waals surface area contributed by atoms with Crippen LogP contribution in [0.4, 0.5) is 0 Å². The Morgan fingerprint density at radius 1 is 1.40 bits per heavy atom. The Labute approximate surface area is 89.6 Å². The average molecular weight is 201 g/mol. The molecule has 78 valence electrons. The molecule has 0 saturated heterocycles. The molecule has 2 rings (SSSR count). The van der Waals surface area contributed by atoms with Gasteiger partial charge in [-0.2, -0.15) is 0 Å². The first-order valence-corrected chi connectivity index (χ1v) is 5.40. The van der Waals surface area contributed by atoms with Crippen molar-refractivity contribution in [2.75, 3.05) is 0 Å². The van der Waals surface area contributed by atoms with Crippen LogP contribution in [0.1, 0.15) is 31.7 Å². The number of hydrogen-bond donors (Lipinski definition) is 0. The van der Waals surface area contributed by atoms with Crippen LogP contribution < -0.4 is 0 Å². The zero-order valence-electron chi connectivity index (χ0n) is 8.94. The number of unbranched alkanes of at least 4 members (excludes halogenated alkanes) is 2. The molecule has 0 amide bonds. The number of benzene rings is 1. The van der Waals surface area contributed by atoms with Gasteiger partial charge in [0.15, 0.2) is 12.0 Å². The lowest BCUT2D eigenvalue weighted by atomic mass is 10.1. The quantitative estimate of drug-likeness (QED) is 0.698. The molecular weight excluding hydrogens is 186 g/mol. The highest BCUT2D eigenvalue weighted by molar-refractivity contribution is 5.75. The van der Waals surface area contributed by atoms with Gasteiger partial charge in [-0.15, -0.1) is 0 Å². The molecule has 2 aromatic rings. The average Bonchev–Trinajstić information content (AvgIpc) is 2.71. The van der Waals surface area contributed by atoms with E-state index in [0.29, 0.717) is 0 Å². The van der Waals surface area contributed by atoms with Crippen LogP contribution >= 0.6 is 0 Å². The monoisotopic (exact) mass is 201 g/mol. The Hall–Kier alpha value is -1.57. The Kier molecular flexibility index (Phi) is 3.18. The Morgan fingerprint density at radius 3 is 3.20 bits per heavy atom.